The van der Waals surface area contributed by atoms with Gasteiger partial charge in [0, 0.05) is 34.5 Å². The van der Waals surface area contributed by atoms with Crippen LogP contribution in [0.25, 0.3) is 5.82 Å². The van der Waals surface area contributed by atoms with Gasteiger partial charge in [0.15, 0.2) is 11.6 Å². The first kappa shape index (κ1) is 17.5. The van der Waals surface area contributed by atoms with Crippen LogP contribution >= 0.6 is 11.6 Å². The molecule has 1 aliphatic heterocycles. The fourth-order valence-corrected chi connectivity index (χ4v) is 3.50. The summed E-state index contributed by atoms with van der Waals surface area (Å²) in [5.74, 6) is 1.47. The van der Waals surface area contributed by atoms with E-state index in [-0.39, 0.29) is 0 Å². The number of nitrogens with zero attached hydrogens (tertiary/aromatic N) is 6. The maximum absolute atomic E-state index is 6.47. The third kappa shape index (κ3) is 3.48. The first-order valence-electron chi connectivity index (χ1n) is 9.07. The molecule has 4 aromatic rings. The van der Waals surface area contributed by atoms with Gasteiger partial charge in [-0.05, 0) is 42.8 Å². The molecule has 0 saturated heterocycles. The fourth-order valence-electron chi connectivity index (χ4n) is 3.27. The van der Waals surface area contributed by atoms with Gasteiger partial charge in [-0.2, -0.15) is 5.10 Å². The maximum atomic E-state index is 6.47. The molecule has 1 N–H and O–H groups in total. The van der Waals surface area contributed by atoms with Crippen molar-refractivity contribution in [2.45, 2.75) is 13.3 Å². The summed E-state index contributed by atoms with van der Waals surface area (Å²) in [5, 5.41) is 8.10. The molecule has 0 saturated carbocycles. The highest BCUT2D eigenvalue weighted by atomic mass is 35.5. The molecule has 4 heterocycles. The summed E-state index contributed by atoms with van der Waals surface area (Å²) in [6, 6.07) is 11.7. The highest BCUT2D eigenvalue weighted by Crippen LogP contribution is 2.31. The first-order valence-corrected chi connectivity index (χ1v) is 9.44. The monoisotopic (exact) mass is 401 g/mol. The van der Waals surface area contributed by atoms with Crippen LogP contribution in [0.3, 0.4) is 0 Å². The number of aliphatic imine (C=N–C) groups is 1. The van der Waals surface area contributed by atoms with E-state index in [0.29, 0.717) is 10.8 Å². The minimum atomic E-state index is 0.665. The Bertz CT molecular complexity index is 1210. The van der Waals surface area contributed by atoms with Crippen LogP contribution in [0.1, 0.15) is 16.7 Å². The predicted molar refractivity (Wildman–Crippen MR) is 113 cm³/mol. The van der Waals surface area contributed by atoms with Crippen molar-refractivity contribution in [2.24, 2.45) is 4.99 Å². The van der Waals surface area contributed by atoms with E-state index < -0.39 is 0 Å². The zero-order chi connectivity index (χ0) is 19.8. The molecule has 0 atom stereocenters. The van der Waals surface area contributed by atoms with Gasteiger partial charge in [-0.3, -0.25) is 0 Å². The Labute approximate surface area is 172 Å². The van der Waals surface area contributed by atoms with Crippen LogP contribution in [0.5, 0.6) is 0 Å². The molecule has 0 aliphatic carbocycles. The van der Waals surface area contributed by atoms with Crippen molar-refractivity contribution in [3.05, 3.63) is 83.2 Å². The summed E-state index contributed by atoms with van der Waals surface area (Å²) in [6.07, 6.45) is 7.39. The summed E-state index contributed by atoms with van der Waals surface area (Å²) in [4.78, 5) is 17.4. The van der Waals surface area contributed by atoms with Gasteiger partial charge in [0.05, 0.1) is 17.6 Å². The van der Waals surface area contributed by atoms with Crippen LogP contribution in [0.4, 0.5) is 17.2 Å². The van der Waals surface area contributed by atoms with Gasteiger partial charge in [-0.15, -0.1) is 0 Å². The van der Waals surface area contributed by atoms with Crippen molar-refractivity contribution >= 4 is 34.5 Å². The van der Waals surface area contributed by atoms with Gasteiger partial charge in [-0.1, -0.05) is 17.7 Å². The normalized spacial score (nSPS) is 12.6. The van der Waals surface area contributed by atoms with Crippen LogP contribution in [0, 0.1) is 6.92 Å². The molecule has 0 unspecified atom stereocenters. The standard InChI is InChI=1S/C21H16ClN7/c1-13-6-14-7-19(28-21(14)25-9-13)17-8-15(2-4-18(17)22)27-16-3-5-20(24-10-16)29-12-23-11-26-29/h2-6,8-12,27H,7H2,1H3. The molecule has 0 spiro atoms. The molecule has 142 valence electrons. The third-order valence-electron chi connectivity index (χ3n) is 4.65. The Kier molecular flexibility index (Phi) is 4.29. The van der Waals surface area contributed by atoms with Gasteiger partial charge in [-0.25, -0.2) is 24.6 Å². The van der Waals surface area contributed by atoms with E-state index in [1.807, 2.05) is 43.5 Å². The van der Waals surface area contributed by atoms with E-state index in [1.165, 1.54) is 6.33 Å². The Hall–Kier alpha value is -3.58. The molecule has 0 amide bonds. The van der Waals surface area contributed by atoms with E-state index in [1.54, 1.807) is 17.2 Å². The van der Waals surface area contributed by atoms with Crippen molar-refractivity contribution < 1.29 is 0 Å². The molecule has 8 heteroatoms. The van der Waals surface area contributed by atoms with Gasteiger partial charge >= 0.3 is 0 Å². The molecule has 3 aromatic heterocycles. The van der Waals surface area contributed by atoms with Gasteiger partial charge in [0.1, 0.15) is 12.7 Å². The highest BCUT2D eigenvalue weighted by Gasteiger charge is 2.19. The minimum absolute atomic E-state index is 0.665. The smallest absolute Gasteiger partial charge is 0.155 e. The topological polar surface area (TPSA) is 80.9 Å². The molecule has 7 nitrogen and oxygen atoms in total. The summed E-state index contributed by atoms with van der Waals surface area (Å²) in [5.41, 5.74) is 5.84. The summed E-state index contributed by atoms with van der Waals surface area (Å²) in [7, 11) is 0. The number of fused-ring (bicyclic) bond motifs is 1. The Balaban J connectivity index is 1.39. The van der Waals surface area contributed by atoms with Gasteiger partial charge in [0.25, 0.3) is 0 Å². The number of pyridine rings is 2. The number of hydrogen-bond donors (Lipinski definition) is 1. The van der Waals surface area contributed by atoms with E-state index in [2.05, 4.69) is 36.4 Å². The maximum Gasteiger partial charge on any atom is 0.155 e. The second kappa shape index (κ2) is 7.10. The minimum Gasteiger partial charge on any atom is -0.354 e. The highest BCUT2D eigenvalue weighted by molar-refractivity contribution is 6.34. The molecular formula is C21H16ClN7. The number of benzene rings is 1. The molecular weight excluding hydrogens is 386 g/mol. The predicted octanol–water partition coefficient (Wildman–Crippen LogP) is 4.44. The average molecular weight is 402 g/mol. The fraction of sp³-hybridized carbons (Fsp3) is 0.0952. The number of rotatable bonds is 4. The number of halogens is 1. The van der Waals surface area contributed by atoms with Crippen molar-refractivity contribution in [2.75, 3.05) is 5.32 Å². The van der Waals surface area contributed by atoms with Gasteiger partial charge < -0.3 is 5.32 Å². The molecule has 1 aliphatic rings. The van der Waals surface area contributed by atoms with E-state index in [9.17, 15) is 0 Å². The van der Waals surface area contributed by atoms with Crippen molar-refractivity contribution in [3.63, 3.8) is 0 Å². The average Bonchev–Trinajstić information content (AvgIpc) is 3.39. The lowest BCUT2D eigenvalue weighted by atomic mass is 10.0. The first-order chi connectivity index (χ1) is 14.2. The number of nitrogens with one attached hydrogen (secondary N) is 1. The lowest BCUT2D eigenvalue weighted by molar-refractivity contribution is 0.846. The summed E-state index contributed by atoms with van der Waals surface area (Å²) < 4.78 is 1.61. The zero-order valence-electron chi connectivity index (χ0n) is 15.5. The van der Waals surface area contributed by atoms with Crippen LogP contribution < -0.4 is 5.32 Å². The Morgan fingerprint density at radius 1 is 1.03 bits per heavy atom. The zero-order valence-corrected chi connectivity index (χ0v) is 16.3. The Morgan fingerprint density at radius 3 is 2.72 bits per heavy atom. The van der Waals surface area contributed by atoms with Crippen LogP contribution in [0.2, 0.25) is 5.02 Å². The second-order valence-electron chi connectivity index (χ2n) is 6.80. The lowest BCUT2D eigenvalue weighted by Crippen LogP contribution is -2.03. The van der Waals surface area contributed by atoms with E-state index in [0.717, 1.165) is 46.0 Å². The largest absolute Gasteiger partial charge is 0.354 e. The number of hydrogen-bond acceptors (Lipinski definition) is 6. The number of aromatic nitrogens is 5. The molecule has 1 aromatic carbocycles. The van der Waals surface area contributed by atoms with Crippen molar-refractivity contribution in [3.8, 4) is 5.82 Å². The van der Waals surface area contributed by atoms with Crippen LogP contribution in [-0.2, 0) is 6.42 Å². The van der Waals surface area contributed by atoms with E-state index >= 15 is 0 Å². The van der Waals surface area contributed by atoms with Crippen LogP contribution in [-0.4, -0.2) is 30.4 Å². The SMILES string of the molecule is Cc1cnc2c(c1)CC(c1cc(Nc3ccc(-n4cncn4)nc3)ccc1Cl)=N2. The summed E-state index contributed by atoms with van der Waals surface area (Å²) in [6.45, 7) is 2.03. The van der Waals surface area contributed by atoms with Crippen LogP contribution in [0.15, 0.2) is 66.4 Å². The molecule has 29 heavy (non-hydrogen) atoms. The van der Waals surface area contributed by atoms with Crippen molar-refractivity contribution in [1.82, 2.24) is 24.7 Å². The number of anilines is 2. The van der Waals surface area contributed by atoms with E-state index in [4.69, 9.17) is 11.6 Å². The summed E-state index contributed by atoms with van der Waals surface area (Å²) >= 11 is 6.47. The molecule has 0 fully saturated rings. The third-order valence-corrected chi connectivity index (χ3v) is 4.98. The molecule has 0 radical (unpaired) electrons. The molecule has 5 rings (SSSR count). The lowest BCUT2D eigenvalue weighted by Gasteiger charge is -2.10. The molecule has 0 bridgehead atoms. The number of aryl methyl sites for hydroxylation is 1. The van der Waals surface area contributed by atoms with Crippen molar-refractivity contribution in [1.29, 1.82) is 0 Å². The quantitative estimate of drug-likeness (QED) is 0.546. The van der Waals surface area contributed by atoms with Gasteiger partial charge in [0.2, 0.25) is 0 Å². The Morgan fingerprint density at radius 2 is 1.93 bits per heavy atom. The second-order valence-corrected chi connectivity index (χ2v) is 7.20.